The fourth-order valence-electron chi connectivity index (χ4n) is 3.14. The van der Waals surface area contributed by atoms with Crippen LogP contribution in [0.3, 0.4) is 0 Å². The SMILES string of the molecule is O=C(CC(CCc1ccc(I)cc1)C(=O)O)c1ccc(-c2ccc(Cl)cc2)cc1. The number of hydrogen-bond donors (Lipinski definition) is 1. The van der Waals surface area contributed by atoms with Gasteiger partial charge in [-0.1, -0.05) is 60.1 Å². The minimum absolute atomic E-state index is 0.00000701. The quantitative estimate of drug-likeness (QED) is 0.273. The molecule has 29 heavy (non-hydrogen) atoms. The maximum absolute atomic E-state index is 12.6. The Kier molecular flexibility index (Phi) is 7.45. The third-order valence-corrected chi connectivity index (χ3v) is 5.83. The smallest absolute Gasteiger partial charge is 0.306 e. The molecule has 3 aromatic carbocycles. The van der Waals surface area contributed by atoms with Crippen molar-refractivity contribution in [3.63, 3.8) is 0 Å². The molecule has 0 heterocycles. The van der Waals surface area contributed by atoms with Crippen LogP contribution in [0.15, 0.2) is 72.8 Å². The van der Waals surface area contributed by atoms with Crippen molar-refractivity contribution < 1.29 is 14.7 Å². The summed E-state index contributed by atoms with van der Waals surface area (Å²) in [5.41, 5.74) is 3.60. The highest BCUT2D eigenvalue weighted by atomic mass is 127. The lowest BCUT2D eigenvalue weighted by atomic mass is 9.92. The van der Waals surface area contributed by atoms with Gasteiger partial charge < -0.3 is 5.11 Å². The van der Waals surface area contributed by atoms with Crippen LogP contribution in [0, 0.1) is 9.49 Å². The Morgan fingerprint density at radius 3 is 1.97 bits per heavy atom. The van der Waals surface area contributed by atoms with Crippen molar-refractivity contribution in [1.82, 2.24) is 0 Å². The number of carbonyl (C=O) groups excluding carboxylic acids is 1. The number of carbonyl (C=O) groups is 2. The van der Waals surface area contributed by atoms with Crippen LogP contribution < -0.4 is 0 Å². The predicted molar refractivity (Wildman–Crippen MR) is 124 cm³/mol. The Morgan fingerprint density at radius 1 is 0.862 bits per heavy atom. The number of rotatable bonds is 8. The fraction of sp³-hybridized carbons (Fsp3) is 0.167. The molecule has 0 spiro atoms. The molecule has 0 fully saturated rings. The molecule has 0 aromatic heterocycles. The topological polar surface area (TPSA) is 54.4 Å². The fourth-order valence-corrected chi connectivity index (χ4v) is 3.62. The second-order valence-electron chi connectivity index (χ2n) is 6.91. The molecule has 0 saturated carbocycles. The highest BCUT2D eigenvalue weighted by molar-refractivity contribution is 14.1. The van der Waals surface area contributed by atoms with Crippen LogP contribution in [0.2, 0.25) is 5.02 Å². The van der Waals surface area contributed by atoms with Crippen LogP contribution in [-0.4, -0.2) is 16.9 Å². The second-order valence-corrected chi connectivity index (χ2v) is 8.59. The lowest BCUT2D eigenvalue weighted by Crippen LogP contribution is -2.19. The molecule has 0 aliphatic rings. The first-order chi connectivity index (χ1) is 13.9. The number of halogens is 2. The minimum Gasteiger partial charge on any atom is -0.481 e. The molecule has 0 aliphatic carbocycles. The molecule has 1 unspecified atom stereocenters. The summed E-state index contributed by atoms with van der Waals surface area (Å²) < 4.78 is 1.14. The van der Waals surface area contributed by atoms with Crippen molar-refractivity contribution in [2.45, 2.75) is 19.3 Å². The van der Waals surface area contributed by atoms with Gasteiger partial charge in [-0.05, 0) is 76.4 Å². The van der Waals surface area contributed by atoms with Crippen LogP contribution in [0.5, 0.6) is 0 Å². The average molecular weight is 519 g/mol. The summed E-state index contributed by atoms with van der Waals surface area (Å²) >= 11 is 8.15. The van der Waals surface area contributed by atoms with Crippen LogP contribution in [-0.2, 0) is 11.2 Å². The molecule has 0 radical (unpaired) electrons. The van der Waals surface area contributed by atoms with Gasteiger partial charge in [0.25, 0.3) is 0 Å². The maximum atomic E-state index is 12.6. The number of aliphatic carboxylic acids is 1. The van der Waals surface area contributed by atoms with E-state index in [1.54, 1.807) is 12.1 Å². The number of ketones is 1. The average Bonchev–Trinajstić information content (AvgIpc) is 2.72. The van der Waals surface area contributed by atoms with Gasteiger partial charge >= 0.3 is 5.97 Å². The van der Waals surface area contributed by atoms with Gasteiger partial charge in [0.1, 0.15) is 0 Å². The van der Waals surface area contributed by atoms with E-state index >= 15 is 0 Å². The first kappa shape index (κ1) is 21.5. The summed E-state index contributed by atoms with van der Waals surface area (Å²) in [6.07, 6.45) is 1.07. The lowest BCUT2D eigenvalue weighted by molar-refractivity contribution is -0.141. The van der Waals surface area contributed by atoms with Gasteiger partial charge in [0.15, 0.2) is 5.78 Å². The molecule has 3 rings (SSSR count). The number of carboxylic acid groups (broad SMARTS) is 1. The molecular weight excluding hydrogens is 499 g/mol. The largest absolute Gasteiger partial charge is 0.481 e. The molecule has 3 nitrogen and oxygen atoms in total. The second kappa shape index (κ2) is 10.0. The first-order valence-corrected chi connectivity index (χ1v) is 10.7. The number of hydrogen-bond acceptors (Lipinski definition) is 2. The van der Waals surface area contributed by atoms with Gasteiger partial charge in [-0.3, -0.25) is 9.59 Å². The number of aryl methyl sites for hydroxylation is 1. The maximum Gasteiger partial charge on any atom is 0.306 e. The highest BCUT2D eigenvalue weighted by Gasteiger charge is 2.22. The van der Waals surface area contributed by atoms with Crippen molar-refractivity contribution in [2.75, 3.05) is 0 Å². The Labute approximate surface area is 188 Å². The van der Waals surface area contributed by atoms with Crippen molar-refractivity contribution in [2.24, 2.45) is 5.92 Å². The van der Waals surface area contributed by atoms with Crippen molar-refractivity contribution >= 4 is 45.9 Å². The van der Waals surface area contributed by atoms with Crippen molar-refractivity contribution in [1.29, 1.82) is 0 Å². The summed E-state index contributed by atoms with van der Waals surface area (Å²) in [6, 6.07) is 22.7. The monoisotopic (exact) mass is 518 g/mol. The van der Waals surface area contributed by atoms with E-state index < -0.39 is 11.9 Å². The van der Waals surface area contributed by atoms with Crippen molar-refractivity contribution in [3.05, 3.63) is 92.5 Å². The van der Waals surface area contributed by atoms with Gasteiger partial charge in [0.2, 0.25) is 0 Å². The third-order valence-electron chi connectivity index (χ3n) is 4.86. The lowest BCUT2D eigenvalue weighted by Gasteiger charge is -2.12. The molecule has 1 atom stereocenters. The van der Waals surface area contributed by atoms with Crippen LogP contribution in [0.1, 0.15) is 28.8 Å². The summed E-state index contributed by atoms with van der Waals surface area (Å²) in [4.78, 5) is 24.3. The van der Waals surface area contributed by atoms with E-state index in [1.165, 1.54) is 0 Å². The Bertz CT molecular complexity index is 980. The summed E-state index contributed by atoms with van der Waals surface area (Å²) in [7, 11) is 0. The number of carboxylic acids is 1. The van der Waals surface area contributed by atoms with E-state index in [9.17, 15) is 14.7 Å². The van der Waals surface area contributed by atoms with E-state index in [-0.39, 0.29) is 12.2 Å². The normalized spacial score (nSPS) is 11.8. The summed E-state index contributed by atoms with van der Waals surface area (Å²) in [5, 5.41) is 10.2. The van der Waals surface area contributed by atoms with E-state index in [4.69, 9.17) is 11.6 Å². The molecular formula is C24H20ClIO3. The van der Waals surface area contributed by atoms with Crippen LogP contribution >= 0.6 is 34.2 Å². The number of Topliss-reactive ketones (excluding diaryl/α,β-unsaturated/α-hetero) is 1. The Hall–Kier alpha value is -2.18. The molecule has 0 aliphatic heterocycles. The first-order valence-electron chi connectivity index (χ1n) is 9.29. The van der Waals surface area contributed by atoms with Gasteiger partial charge in [-0.25, -0.2) is 0 Å². The van der Waals surface area contributed by atoms with Gasteiger partial charge in [0.05, 0.1) is 5.92 Å². The minimum atomic E-state index is -0.929. The predicted octanol–water partition coefficient (Wildman–Crippen LogP) is 6.52. The zero-order chi connectivity index (χ0) is 20.8. The van der Waals surface area contributed by atoms with E-state index in [0.29, 0.717) is 23.4 Å². The van der Waals surface area contributed by atoms with Crippen LogP contribution in [0.4, 0.5) is 0 Å². The highest BCUT2D eigenvalue weighted by Crippen LogP contribution is 2.23. The van der Waals surface area contributed by atoms with Crippen molar-refractivity contribution in [3.8, 4) is 11.1 Å². The van der Waals surface area contributed by atoms with Gasteiger partial charge in [-0.2, -0.15) is 0 Å². The Morgan fingerprint density at radius 2 is 1.41 bits per heavy atom. The molecule has 148 valence electrons. The third kappa shape index (κ3) is 6.15. The summed E-state index contributed by atoms with van der Waals surface area (Å²) in [6.45, 7) is 0. The van der Waals surface area contributed by atoms with E-state index in [2.05, 4.69) is 22.6 Å². The van der Waals surface area contributed by atoms with Gasteiger partial charge in [0, 0.05) is 20.6 Å². The molecule has 1 N–H and O–H groups in total. The van der Waals surface area contributed by atoms with Gasteiger partial charge in [-0.15, -0.1) is 0 Å². The van der Waals surface area contributed by atoms with E-state index in [1.807, 2.05) is 60.7 Å². The molecule has 0 amide bonds. The summed E-state index contributed by atoms with van der Waals surface area (Å²) in [5.74, 6) is -1.78. The molecule has 5 heteroatoms. The zero-order valence-electron chi connectivity index (χ0n) is 15.6. The standard InChI is InChI=1S/C24H20ClIO3/c25-21-11-9-18(10-12-21)17-5-7-19(8-6-17)23(27)15-20(24(28)29)4-1-16-2-13-22(26)14-3-16/h2-3,5-14,20H,1,4,15H2,(H,28,29). The number of benzene rings is 3. The van der Waals surface area contributed by atoms with E-state index in [0.717, 1.165) is 20.3 Å². The zero-order valence-corrected chi connectivity index (χ0v) is 18.6. The molecule has 0 saturated heterocycles. The Balaban J connectivity index is 1.63. The molecule has 0 bridgehead atoms. The van der Waals surface area contributed by atoms with Crippen LogP contribution in [0.25, 0.3) is 11.1 Å². The molecule has 3 aromatic rings.